The fourth-order valence-corrected chi connectivity index (χ4v) is 2.38. The van der Waals surface area contributed by atoms with Gasteiger partial charge in [-0.25, -0.2) is 4.39 Å². The van der Waals surface area contributed by atoms with E-state index >= 15 is 0 Å². The highest BCUT2D eigenvalue weighted by atomic mass is 35.5. The van der Waals surface area contributed by atoms with E-state index in [9.17, 15) is 4.39 Å². The first-order valence-corrected chi connectivity index (χ1v) is 6.50. The summed E-state index contributed by atoms with van der Waals surface area (Å²) in [6.45, 7) is 3.18. The van der Waals surface area contributed by atoms with E-state index in [1.165, 1.54) is 17.7 Å². The second kappa shape index (κ2) is 7.80. The van der Waals surface area contributed by atoms with E-state index in [0.29, 0.717) is 5.92 Å². The predicted molar refractivity (Wildman–Crippen MR) is 77.0 cm³/mol. The fourth-order valence-electron chi connectivity index (χ4n) is 2.38. The van der Waals surface area contributed by atoms with Crippen molar-refractivity contribution in [1.82, 2.24) is 4.90 Å². The lowest BCUT2D eigenvalue weighted by atomic mass is 9.92. The number of halogens is 2. The molecule has 3 N–H and O–H groups in total. The van der Waals surface area contributed by atoms with Gasteiger partial charge >= 0.3 is 0 Å². The molecular formula is C14H22ClFN2O. The summed E-state index contributed by atoms with van der Waals surface area (Å²) in [6, 6.07) is 6.67. The highest BCUT2D eigenvalue weighted by Gasteiger charge is 2.26. The number of nitrogens with zero attached hydrogens (tertiary/aromatic N) is 1. The minimum atomic E-state index is -0.174. The summed E-state index contributed by atoms with van der Waals surface area (Å²) in [5.41, 5.74) is 6.86. The third-order valence-corrected chi connectivity index (χ3v) is 3.52. The smallest absolute Gasteiger partial charge is 0.123 e. The van der Waals surface area contributed by atoms with Crippen molar-refractivity contribution in [2.75, 3.05) is 26.2 Å². The van der Waals surface area contributed by atoms with Crippen LogP contribution in [0.25, 0.3) is 0 Å². The molecule has 0 aromatic heterocycles. The third-order valence-electron chi connectivity index (χ3n) is 3.52. The van der Waals surface area contributed by atoms with Crippen molar-refractivity contribution in [2.45, 2.75) is 18.9 Å². The predicted octanol–water partition coefficient (Wildman–Crippen LogP) is 1.43. The van der Waals surface area contributed by atoms with Gasteiger partial charge in [-0.05, 0) is 43.0 Å². The van der Waals surface area contributed by atoms with Gasteiger partial charge in [0, 0.05) is 19.1 Å². The number of benzene rings is 1. The Morgan fingerprint density at radius 3 is 2.53 bits per heavy atom. The number of rotatable bonds is 6. The van der Waals surface area contributed by atoms with Crippen LogP contribution in [-0.4, -0.2) is 42.3 Å². The summed E-state index contributed by atoms with van der Waals surface area (Å²) in [5.74, 6) is 0.493. The molecule has 0 radical (unpaired) electrons. The number of likely N-dealkylation sites (tertiary alicyclic amines) is 1. The molecule has 0 bridgehead atoms. The van der Waals surface area contributed by atoms with Crippen LogP contribution < -0.4 is 5.73 Å². The van der Waals surface area contributed by atoms with Gasteiger partial charge in [-0.3, -0.25) is 0 Å². The molecule has 1 aliphatic rings. The summed E-state index contributed by atoms with van der Waals surface area (Å²) in [7, 11) is 0. The molecule has 0 unspecified atom stereocenters. The maximum atomic E-state index is 12.8. The lowest BCUT2D eigenvalue weighted by Gasteiger charge is -2.40. The third kappa shape index (κ3) is 5.07. The zero-order chi connectivity index (χ0) is 13.0. The van der Waals surface area contributed by atoms with E-state index in [4.69, 9.17) is 10.8 Å². The normalized spacial score (nSPS) is 17.6. The molecule has 1 aromatic rings. The lowest BCUT2D eigenvalue weighted by Crippen LogP contribution is -2.49. The first-order valence-electron chi connectivity index (χ1n) is 6.50. The zero-order valence-electron chi connectivity index (χ0n) is 11.0. The molecule has 1 fully saturated rings. The van der Waals surface area contributed by atoms with Crippen LogP contribution in [0.4, 0.5) is 4.39 Å². The van der Waals surface area contributed by atoms with Crippen molar-refractivity contribution < 1.29 is 9.50 Å². The van der Waals surface area contributed by atoms with Crippen LogP contribution in [0.3, 0.4) is 0 Å². The van der Waals surface area contributed by atoms with Crippen molar-refractivity contribution in [3.05, 3.63) is 35.6 Å². The molecule has 1 aliphatic heterocycles. The van der Waals surface area contributed by atoms with Crippen molar-refractivity contribution in [2.24, 2.45) is 11.7 Å². The summed E-state index contributed by atoms with van der Waals surface area (Å²) >= 11 is 0. The molecule has 2 rings (SSSR count). The Bertz CT molecular complexity index is 368. The number of hydrogen-bond donors (Lipinski definition) is 2. The Balaban J connectivity index is 0.00000180. The first kappa shape index (κ1) is 16.4. The highest BCUT2D eigenvalue weighted by molar-refractivity contribution is 5.85. The minimum absolute atomic E-state index is 0. The largest absolute Gasteiger partial charge is 0.395 e. The van der Waals surface area contributed by atoms with Crippen LogP contribution in [0.5, 0.6) is 0 Å². The Hall–Kier alpha value is -0.680. The van der Waals surface area contributed by atoms with Crippen LogP contribution in [0.1, 0.15) is 12.0 Å². The molecule has 3 nitrogen and oxygen atoms in total. The quantitative estimate of drug-likeness (QED) is 0.833. The van der Waals surface area contributed by atoms with Gasteiger partial charge in [0.25, 0.3) is 0 Å². The van der Waals surface area contributed by atoms with Gasteiger partial charge in [-0.1, -0.05) is 12.1 Å². The second-order valence-corrected chi connectivity index (χ2v) is 5.19. The minimum Gasteiger partial charge on any atom is -0.395 e. The molecule has 19 heavy (non-hydrogen) atoms. The SMILES string of the molecule is Cl.N[C@H](CO)CCN1CC(Cc2ccc(F)cc2)C1. The molecule has 0 spiro atoms. The topological polar surface area (TPSA) is 49.5 Å². The van der Waals surface area contributed by atoms with Gasteiger partial charge in [0.1, 0.15) is 5.82 Å². The van der Waals surface area contributed by atoms with Crippen molar-refractivity contribution >= 4 is 12.4 Å². The summed E-state index contributed by atoms with van der Waals surface area (Å²) in [6.07, 6.45) is 1.86. The van der Waals surface area contributed by atoms with Crippen molar-refractivity contribution in [3.8, 4) is 0 Å². The maximum Gasteiger partial charge on any atom is 0.123 e. The summed E-state index contributed by atoms with van der Waals surface area (Å²) in [5, 5.41) is 8.83. The molecule has 0 amide bonds. The van der Waals surface area contributed by atoms with Gasteiger partial charge in [-0.15, -0.1) is 12.4 Å². The van der Waals surface area contributed by atoms with E-state index in [0.717, 1.165) is 32.5 Å². The Morgan fingerprint density at radius 1 is 1.32 bits per heavy atom. The summed E-state index contributed by atoms with van der Waals surface area (Å²) < 4.78 is 12.8. The number of aliphatic hydroxyl groups excluding tert-OH is 1. The fraction of sp³-hybridized carbons (Fsp3) is 0.571. The van der Waals surface area contributed by atoms with E-state index in [-0.39, 0.29) is 30.9 Å². The van der Waals surface area contributed by atoms with Crippen LogP contribution in [0.15, 0.2) is 24.3 Å². The van der Waals surface area contributed by atoms with E-state index in [2.05, 4.69) is 4.90 Å². The zero-order valence-corrected chi connectivity index (χ0v) is 11.8. The Kier molecular flexibility index (Phi) is 6.72. The van der Waals surface area contributed by atoms with Gasteiger partial charge in [0.2, 0.25) is 0 Å². The van der Waals surface area contributed by atoms with Gasteiger partial charge in [0.15, 0.2) is 0 Å². The molecule has 1 atom stereocenters. The molecule has 1 saturated heterocycles. The molecule has 1 aromatic carbocycles. The Morgan fingerprint density at radius 2 is 1.95 bits per heavy atom. The van der Waals surface area contributed by atoms with Crippen LogP contribution >= 0.6 is 12.4 Å². The second-order valence-electron chi connectivity index (χ2n) is 5.19. The number of hydrogen-bond acceptors (Lipinski definition) is 3. The number of aliphatic hydroxyl groups is 1. The average Bonchev–Trinajstić information content (AvgIpc) is 2.33. The highest BCUT2D eigenvalue weighted by Crippen LogP contribution is 2.20. The average molecular weight is 289 g/mol. The molecule has 5 heteroatoms. The van der Waals surface area contributed by atoms with Crippen LogP contribution in [0, 0.1) is 11.7 Å². The molecule has 1 heterocycles. The molecule has 0 saturated carbocycles. The molecular weight excluding hydrogens is 267 g/mol. The van der Waals surface area contributed by atoms with Crippen molar-refractivity contribution in [3.63, 3.8) is 0 Å². The van der Waals surface area contributed by atoms with Crippen molar-refractivity contribution in [1.29, 1.82) is 0 Å². The Labute approximate surface area is 120 Å². The van der Waals surface area contributed by atoms with E-state index < -0.39 is 0 Å². The first-order chi connectivity index (χ1) is 8.67. The van der Waals surface area contributed by atoms with Gasteiger partial charge < -0.3 is 15.7 Å². The number of nitrogens with two attached hydrogens (primary N) is 1. The van der Waals surface area contributed by atoms with E-state index in [1.54, 1.807) is 0 Å². The van der Waals surface area contributed by atoms with Crippen LogP contribution in [-0.2, 0) is 6.42 Å². The molecule has 108 valence electrons. The summed E-state index contributed by atoms with van der Waals surface area (Å²) in [4.78, 5) is 2.35. The van der Waals surface area contributed by atoms with Crippen LogP contribution in [0.2, 0.25) is 0 Å². The van der Waals surface area contributed by atoms with Gasteiger partial charge in [0.05, 0.1) is 6.61 Å². The standard InChI is InChI=1S/C14H21FN2O.ClH/c15-13-3-1-11(2-4-13)7-12-8-17(9-12)6-5-14(16)10-18;/h1-4,12,14,18H,5-10,16H2;1H/t14-;/m0./s1. The van der Waals surface area contributed by atoms with E-state index in [1.807, 2.05) is 12.1 Å². The monoisotopic (exact) mass is 288 g/mol. The molecule has 0 aliphatic carbocycles. The van der Waals surface area contributed by atoms with Gasteiger partial charge in [-0.2, -0.15) is 0 Å². The lowest BCUT2D eigenvalue weighted by molar-refractivity contribution is 0.0937. The maximum absolute atomic E-state index is 12.8.